The summed E-state index contributed by atoms with van der Waals surface area (Å²) in [5.74, 6) is -2.84. The van der Waals surface area contributed by atoms with Gasteiger partial charge in [-0.2, -0.15) is 5.10 Å². The van der Waals surface area contributed by atoms with E-state index in [-0.39, 0.29) is 5.56 Å². The van der Waals surface area contributed by atoms with Crippen LogP contribution < -0.4 is 0 Å². The normalized spacial score (nSPS) is 10.7. The number of carboxylic acids is 1. The minimum Gasteiger partial charge on any atom is -0.478 e. The number of aryl methyl sites for hydroxylation is 2. The van der Waals surface area contributed by atoms with Gasteiger partial charge >= 0.3 is 5.97 Å². The monoisotopic (exact) mass is 266 g/mol. The molecule has 1 heterocycles. The Balaban J connectivity index is 2.16. The van der Waals surface area contributed by atoms with Crippen LogP contribution in [0.3, 0.4) is 0 Å². The summed E-state index contributed by atoms with van der Waals surface area (Å²) in [5.41, 5.74) is 1.29. The Morgan fingerprint density at radius 1 is 1.32 bits per heavy atom. The number of carboxylic acid groups (broad SMARTS) is 1. The van der Waals surface area contributed by atoms with E-state index in [1.807, 2.05) is 0 Å². The van der Waals surface area contributed by atoms with Crippen LogP contribution in [0.15, 0.2) is 24.4 Å². The molecular formula is C13H12F2N2O2. The molecule has 0 atom stereocenters. The van der Waals surface area contributed by atoms with Crippen molar-refractivity contribution in [3.63, 3.8) is 0 Å². The zero-order valence-corrected chi connectivity index (χ0v) is 10.2. The molecule has 0 aliphatic rings. The molecule has 1 aromatic carbocycles. The minimum absolute atomic E-state index is 0.130. The van der Waals surface area contributed by atoms with E-state index in [2.05, 4.69) is 5.10 Å². The van der Waals surface area contributed by atoms with Gasteiger partial charge in [0.2, 0.25) is 0 Å². The second-order valence-corrected chi connectivity index (χ2v) is 4.18. The summed E-state index contributed by atoms with van der Waals surface area (Å²) in [6, 6.07) is 3.66. The van der Waals surface area contributed by atoms with Crippen molar-refractivity contribution in [3.05, 3.63) is 52.9 Å². The smallest absolute Gasteiger partial charge is 0.339 e. The number of aromatic carboxylic acids is 1. The first-order valence-corrected chi connectivity index (χ1v) is 5.67. The summed E-state index contributed by atoms with van der Waals surface area (Å²) in [5, 5.41) is 12.9. The van der Waals surface area contributed by atoms with Gasteiger partial charge in [0, 0.05) is 7.05 Å². The van der Waals surface area contributed by atoms with Crippen molar-refractivity contribution in [2.24, 2.45) is 7.05 Å². The maximum absolute atomic E-state index is 13.0. The van der Waals surface area contributed by atoms with Gasteiger partial charge in [0.25, 0.3) is 0 Å². The van der Waals surface area contributed by atoms with Gasteiger partial charge in [-0.05, 0) is 30.5 Å². The predicted octanol–water partition coefficient (Wildman–Crippen LogP) is 2.18. The zero-order chi connectivity index (χ0) is 14.0. The Labute approximate surface area is 108 Å². The van der Waals surface area contributed by atoms with Crippen LogP contribution >= 0.6 is 0 Å². The standard InChI is InChI=1S/C13H12F2N2O2/c1-17-12(9(7-16-17)13(18)19)5-3-8-2-4-10(14)11(15)6-8/h2,4,6-7H,3,5H2,1H3,(H,18,19). The average Bonchev–Trinajstić information content (AvgIpc) is 2.72. The van der Waals surface area contributed by atoms with Crippen LogP contribution in [0.25, 0.3) is 0 Å². The van der Waals surface area contributed by atoms with Crippen molar-refractivity contribution in [1.29, 1.82) is 0 Å². The molecule has 19 heavy (non-hydrogen) atoms. The molecule has 0 amide bonds. The molecule has 2 rings (SSSR count). The van der Waals surface area contributed by atoms with E-state index >= 15 is 0 Å². The second kappa shape index (κ2) is 5.17. The SMILES string of the molecule is Cn1ncc(C(=O)O)c1CCc1ccc(F)c(F)c1. The topological polar surface area (TPSA) is 55.1 Å². The molecule has 4 nitrogen and oxygen atoms in total. The van der Waals surface area contributed by atoms with Crippen molar-refractivity contribution in [2.45, 2.75) is 12.8 Å². The predicted molar refractivity (Wildman–Crippen MR) is 63.9 cm³/mol. The van der Waals surface area contributed by atoms with Gasteiger partial charge in [0.1, 0.15) is 5.56 Å². The first kappa shape index (κ1) is 13.2. The number of rotatable bonds is 4. The molecular weight excluding hydrogens is 254 g/mol. The van der Waals surface area contributed by atoms with E-state index in [4.69, 9.17) is 5.11 Å². The maximum atomic E-state index is 13.0. The number of halogens is 2. The molecule has 0 radical (unpaired) electrons. The maximum Gasteiger partial charge on any atom is 0.339 e. The van der Waals surface area contributed by atoms with Crippen molar-refractivity contribution in [1.82, 2.24) is 9.78 Å². The van der Waals surface area contributed by atoms with Crippen LogP contribution in [-0.2, 0) is 19.9 Å². The number of carbonyl (C=O) groups is 1. The third-order valence-corrected chi connectivity index (χ3v) is 2.93. The Morgan fingerprint density at radius 2 is 2.05 bits per heavy atom. The highest BCUT2D eigenvalue weighted by molar-refractivity contribution is 5.88. The lowest BCUT2D eigenvalue weighted by molar-refractivity contribution is 0.0695. The number of hydrogen-bond acceptors (Lipinski definition) is 2. The van der Waals surface area contributed by atoms with E-state index in [1.54, 1.807) is 7.05 Å². The fourth-order valence-electron chi connectivity index (χ4n) is 1.90. The fourth-order valence-corrected chi connectivity index (χ4v) is 1.90. The second-order valence-electron chi connectivity index (χ2n) is 4.18. The highest BCUT2D eigenvalue weighted by Crippen LogP contribution is 2.14. The Kier molecular flexibility index (Phi) is 3.59. The minimum atomic E-state index is -1.05. The summed E-state index contributed by atoms with van der Waals surface area (Å²) < 4.78 is 27.3. The van der Waals surface area contributed by atoms with Crippen LogP contribution in [0.5, 0.6) is 0 Å². The van der Waals surface area contributed by atoms with Crippen molar-refractivity contribution in [2.75, 3.05) is 0 Å². The molecule has 0 saturated carbocycles. The van der Waals surface area contributed by atoms with Gasteiger partial charge in [0.05, 0.1) is 11.9 Å². The Morgan fingerprint density at radius 3 is 2.68 bits per heavy atom. The lowest BCUT2D eigenvalue weighted by atomic mass is 10.1. The molecule has 0 spiro atoms. The van der Waals surface area contributed by atoms with Gasteiger partial charge < -0.3 is 5.11 Å². The first-order chi connectivity index (χ1) is 8.99. The van der Waals surface area contributed by atoms with Gasteiger partial charge in [-0.25, -0.2) is 13.6 Å². The van der Waals surface area contributed by atoms with Gasteiger partial charge in [0.15, 0.2) is 11.6 Å². The van der Waals surface area contributed by atoms with Gasteiger partial charge in [-0.1, -0.05) is 6.07 Å². The number of nitrogens with zero attached hydrogens (tertiary/aromatic N) is 2. The Hall–Kier alpha value is -2.24. The Bertz CT molecular complexity index is 623. The number of aromatic nitrogens is 2. The molecule has 100 valence electrons. The summed E-state index contributed by atoms with van der Waals surface area (Å²) in [4.78, 5) is 11.0. The highest BCUT2D eigenvalue weighted by atomic mass is 19.2. The highest BCUT2D eigenvalue weighted by Gasteiger charge is 2.15. The fraction of sp³-hybridized carbons (Fsp3) is 0.231. The first-order valence-electron chi connectivity index (χ1n) is 5.67. The molecule has 0 saturated heterocycles. The molecule has 0 aliphatic carbocycles. The third-order valence-electron chi connectivity index (χ3n) is 2.93. The van der Waals surface area contributed by atoms with Crippen molar-refractivity contribution >= 4 is 5.97 Å². The van der Waals surface area contributed by atoms with E-state index in [0.29, 0.717) is 24.1 Å². The molecule has 2 aromatic rings. The van der Waals surface area contributed by atoms with Gasteiger partial charge in [-0.15, -0.1) is 0 Å². The lowest BCUT2D eigenvalue weighted by Gasteiger charge is -2.05. The summed E-state index contributed by atoms with van der Waals surface area (Å²) >= 11 is 0. The van der Waals surface area contributed by atoms with E-state index in [9.17, 15) is 13.6 Å². The van der Waals surface area contributed by atoms with Crippen LogP contribution in [0.1, 0.15) is 21.6 Å². The van der Waals surface area contributed by atoms with Crippen molar-refractivity contribution in [3.8, 4) is 0 Å². The van der Waals surface area contributed by atoms with Crippen LogP contribution in [0.2, 0.25) is 0 Å². The number of hydrogen-bond donors (Lipinski definition) is 1. The quantitative estimate of drug-likeness (QED) is 0.922. The summed E-state index contributed by atoms with van der Waals surface area (Å²) in [6.45, 7) is 0. The van der Waals surface area contributed by atoms with E-state index in [0.717, 1.165) is 12.1 Å². The summed E-state index contributed by atoms with van der Waals surface area (Å²) in [6.07, 6.45) is 2.09. The molecule has 6 heteroatoms. The van der Waals surface area contributed by atoms with Crippen molar-refractivity contribution < 1.29 is 18.7 Å². The van der Waals surface area contributed by atoms with E-state index < -0.39 is 17.6 Å². The van der Waals surface area contributed by atoms with Crippen LogP contribution in [-0.4, -0.2) is 20.9 Å². The molecule has 0 aliphatic heterocycles. The lowest BCUT2D eigenvalue weighted by Crippen LogP contribution is -2.06. The van der Waals surface area contributed by atoms with Crippen LogP contribution in [0, 0.1) is 11.6 Å². The summed E-state index contributed by atoms with van der Waals surface area (Å²) in [7, 11) is 1.65. The molecule has 1 N–H and O–H groups in total. The molecule has 0 bridgehead atoms. The van der Waals surface area contributed by atoms with Crippen LogP contribution in [0.4, 0.5) is 8.78 Å². The molecule has 1 aromatic heterocycles. The average molecular weight is 266 g/mol. The molecule has 0 fully saturated rings. The zero-order valence-electron chi connectivity index (χ0n) is 10.2. The largest absolute Gasteiger partial charge is 0.478 e. The molecule has 0 unspecified atom stereocenters. The van der Waals surface area contributed by atoms with Gasteiger partial charge in [-0.3, -0.25) is 4.68 Å². The third kappa shape index (κ3) is 2.78. The van der Waals surface area contributed by atoms with E-state index in [1.165, 1.54) is 16.9 Å². The number of benzene rings is 1.